The summed E-state index contributed by atoms with van der Waals surface area (Å²) in [5.74, 6) is -0.210. The number of para-hydroxylation sites is 2. The van der Waals surface area contributed by atoms with E-state index in [1.807, 2.05) is 24.3 Å². The second-order valence-corrected chi connectivity index (χ2v) is 4.24. The van der Waals surface area contributed by atoms with Crippen molar-refractivity contribution in [2.24, 2.45) is 0 Å². The Balaban J connectivity index is 2.09. The van der Waals surface area contributed by atoms with E-state index < -0.39 is 11.5 Å². The Morgan fingerprint density at radius 3 is 3.00 bits per heavy atom. The van der Waals surface area contributed by atoms with E-state index in [0.29, 0.717) is 24.7 Å². The minimum absolute atomic E-state index is 0.334. The molecular formula is C13H11N3O4. The molecule has 1 aromatic carbocycles. The Labute approximate surface area is 113 Å². The Kier molecular flexibility index (Phi) is 2.86. The van der Waals surface area contributed by atoms with E-state index in [-0.39, 0.29) is 5.56 Å². The van der Waals surface area contributed by atoms with Crippen LogP contribution >= 0.6 is 0 Å². The van der Waals surface area contributed by atoms with Gasteiger partial charge in [-0.1, -0.05) is 12.1 Å². The molecule has 0 atom stereocenters. The first-order chi connectivity index (χ1) is 9.66. The number of nitrogens with one attached hydrogen (secondary N) is 1. The molecule has 20 heavy (non-hydrogen) atoms. The highest BCUT2D eigenvalue weighted by Gasteiger charge is 2.22. The number of carboxylic acids is 1. The first-order valence-corrected chi connectivity index (χ1v) is 5.99. The van der Waals surface area contributed by atoms with Crippen LogP contribution in [-0.4, -0.2) is 34.4 Å². The van der Waals surface area contributed by atoms with Crippen LogP contribution in [0.2, 0.25) is 0 Å². The van der Waals surface area contributed by atoms with Crippen molar-refractivity contribution in [3.05, 3.63) is 46.2 Å². The maximum atomic E-state index is 11.4. The van der Waals surface area contributed by atoms with Gasteiger partial charge >= 0.3 is 5.97 Å². The quantitative estimate of drug-likeness (QED) is 0.847. The van der Waals surface area contributed by atoms with E-state index in [2.05, 4.69) is 10.2 Å². The van der Waals surface area contributed by atoms with E-state index in [0.717, 1.165) is 5.69 Å². The molecule has 0 aliphatic carbocycles. The minimum Gasteiger partial charge on any atom is -0.490 e. The number of aromatic amines is 1. The average molecular weight is 273 g/mol. The van der Waals surface area contributed by atoms with Crippen molar-refractivity contribution in [2.45, 2.75) is 0 Å². The lowest BCUT2D eigenvalue weighted by Gasteiger charge is -2.30. The minimum atomic E-state index is -1.28. The van der Waals surface area contributed by atoms with Crippen LogP contribution < -0.4 is 15.2 Å². The number of anilines is 2. The molecule has 2 N–H and O–H groups in total. The lowest BCUT2D eigenvalue weighted by molar-refractivity contribution is 0.0694. The van der Waals surface area contributed by atoms with Crippen molar-refractivity contribution in [2.75, 3.05) is 18.1 Å². The van der Waals surface area contributed by atoms with Gasteiger partial charge in [0.1, 0.15) is 17.9 Å². The van der Waals surface area contributed by atoms with Crippen molar-refractivity contribution in [3.63, 3.8) is 0 Å². The van der Waals surface area contributed by atoms with Gasteiger partial charge in [-0.3, -0.25) is 4.79 Å². The maximum absolute atomic E-state index is 11.4. The van der Waals surface area contributed by atoms with Gasteiger partial charge in [0.05, 0.1) is 12.2 Å². The summed E-state index contributed by atoms with van der Waals surface area (Å²) in [5, 5.41) is 15.1. The van der Waals surface area contributed by atoms with Gasteiger partial charge in [-0.2, -0.15) is 5.10 Å². The first kappa shape index (κ1) is 12.2. The zero-order chi connectivity index (χ0) is 14.1. The van der Waals surface area contributed by atoms with Gasteiger partial charge in [-0.05, 0) is 12.1 Å². The van der Waals surface area contributed by atoms with E-state index >= 15 is 0 Å². The topological polar surface area (TPSA) is 95.5 Å². The summed E-state index contributed by atoms with van der Waals surface area (Å²) >= 11 is 0. The highest BCUT2D eigenvalue weighted by atomic mass is 16.5. The molecule has 7 heteroatoms. The molecule has 2 aromatic rings. The summed E-state index contributed by atoms with van der Waals surface area (Å²) in [6.45, 7) is 0.981. The van der Waals surface area contributed by atoms with Crippen molar-refractivity contribution in [1.29, 1.82) is 0 Å². The van der Waals surface area contributed by atoms with Crippen LogP contribution in [-0.2, 0) is 0 Å². The molecule has 7 nitrogen and oxygen atoms in total. The number of hydrogen-bond donors (Lipinski definition) is 2. The van der Waals surface area contributed by atoms with Crippen LogP contribution in [0, 0.1) is 0 Å². The lowest BCUT2D eigenvalue weighted by atomic mass is 10.2. The van der Waals surface area contributed by atoms with Gasteiger partial charge in [0.15, 0.2) is 5.82 Å². The second kappa shape index (κ2) is 4.69. The number of H-pyrrole nitrogens is 1. The molecule has 102 valence electrons. The lowest BCUT2D eigenvalue weighted by Crippen LogP contribution is -2.31. The predicted octanol–water partition coefficient (Wildman–Crippen LogP) is 0.999. The van der Waals surface area contributed by atoms with Crippen LogP contribution in [0.3, 0.4) is 0 Å². The van der Waals surface area contributed by atoms with Gasteiger partial charge < -0.3 is 14.7 Å². The zero-order valence-electron chi connectivity index (χ0n) is 10.4. The summed E-state index contributed by atoms with van der Waals surface area (Å²) in [5.41, 5.74) is -0.267. The maximum Gasteiger partial charge on any atom is 0.341 e. The van der Waals surface area contributed by atoms with Crippen molar-refractivity contribution >= 4 is 17.5 Å². The van der Waals surface area contributed by atoms with Crippen molar-refractivity contribution < 1.29 is 14.6 Å². The Morgan fingerprint density at radius 2 is 2.20 bits per heavy atom. The van der Waals surface area contributed by atoms with Gasteiger partial charge in [0.25, 0.3) is 5.56 Å². The van der Waals surface area contributed by atoms with Gasteiger partial charge in [0, 0.05) is 6.07 Å². The van der Waals surface area contributed by atoms with Crippen LogP contribution in [0.25, 0.3) is 0 Å². The summed E-state index contributed by atoms with van der Waals surface area (Å²) in [6, 6.07) is 8.64. The number of carbonyl (C=O) groups is 1. The van der Waals surface area contributed by atoms with Crippen LogP contribution in [0.1, 0.15) is 10.4 Å². The number of nitrogens with zero attached hydrogens (tertiary/aromatic N) is 2. The molecule has 0 amide bonds. The normalized spacial score (nSPS) is 13.5. The van der Waals surface area contributed by atoms with E-state index in [9.17, 15) is 9.59 Å². The SMILES string of the molecule is O=C(O)c1cc(N2CCOc3ccccc32)n[nH]c1=O. The molecule has 0 fully saturated rings. The molecule has 1 aliphatic heterocycles. The van der Waals surface area contributed by atoms with Crippen LogP contribution in [0.5, 0.6) is 5.75 Å². The number of aromatic nitrogens is 2. The Hall–Kier alpha value is -2.83. The fourth-order valence-corrected chi connectivity index (χ4v) is 2.10. The summed E-state index contributed by atoms with van der Waals surface area (Å²) in [6.07, 6.45) is 0. The van der Waals surface area contributed by atoms with E-state index in [1.54, 1.807) is 4.90 Å². The van der Waals surface area contributed by atoms with Gasteiger partial charge in [-0.25, -0.2) is 9.89 Å². The molecule has 0 radical (unpaired) electrons. The number of aromatic carboxylic acids is 1. The highest BCUT2D eigenvalue weighted by molar-refractivity contribution is 5.88. The number of benzene rings is 1. The molecule has 0 saturated heterocycles. The molecule has 1 aliphatic rings. The third-order valence-corrected chi connectivity index (χ3v) is 3.03. The molecule has 2 heterocycles. The van der Waals surface area contributed by atoms with Gasteiger partial charge in [-0.15, -0.1) is 0 Å². The number of ether oxygens (including phenoxy) is 1. The van der Waals surface area contributed by atoms with Crippen molar-refractivity contribution in [3.8, 4) is 5.75 Å². The second-order valence-electron chi connectivity index (χ2n) is 4.24. The number of hydrogen-bond acceptors (Lipinski definition) is 5. The molecular weight excluding hydrogens is 262 g/mol. The summed E-state index contributed by atoms with van der Waals surface area (Å²) in [4.78, 5) is 24.2. The number of carboxylic acid groups (broad SMARTS) is 1. The fraction of sp³-hybridized carbons (Fsp3) is 0.154. The zero-order valence-corrected chi connectivity index (χ0v) is 10.4. The monoisotopic (exact) mass is 273 g/mol. The molecule has 0 spiro atoms. The molecule has 1 aromatic heterocycles. The summed E-state index contributed by atoms with van der Waals surface area (Å²) < 4.78 is 5.52. The Bertz CT molecular complexity index is 726. The molecule has 3 rings (SSSR count). The highest BCUT2D eigenvalue weighted by Crippen LogP contribution is 2.34. The first-order valence-electron chi connectivity index (χ1n) is 5.99. The van der Waals surface area contributed by atoms with Gasteiger partial charge in [0.2, 0.25) is 0 Å². The molecule has 0 unspecified atom stereocenters. The number of fused-ring (bicyclic) bond motifs is 1. The summed E-state index contributed by atoms with van der Waals surface area (Å²) in [7, 11) is 0. The fourth-order valence-electron chi connectivity index (χ4n) is 2.10. The van der Waals surface area contributed by atoms with E-state index in [1.165, 1.54) is 6.07 Å². The van der Waals surface area contributed by atoms with Crippen LogP contribution in [0.4, 0.5) is 11.5 Å². The van der Waals surface area contributed by atoms with E-state index in [4.69, 9.17) is 9.84 Å². The van der Waals surface area contributed by atoms with Crippen LogP contribution in [0.15, 0.2) is 35.1 Å². The van der Waals surface area contributed by atoms with Crippen molar-refractivity contribution in [1.82, 2.24) is 10.2 Å². The Morgan fingerprint density at radius 1 is 1.40 bits per heavy atom. The average Bonchev–Trinajstić information content (AvgIpc) is 2.47. The third kappa shape index (κ3) is 1.99. The molecule has 0 bridgehead atoms. The third-order valence-electron chi connectivity index (χ3n) is 3.03. The largest absolute Gasteiger partial charge is 0.490 e. The predicted molar refractivity (Wildman–Crippen MR) is 70.8 cm³/mol. The molecule has 0 saturated carbocycles. The number of rotatable bonds is 2. The standard InChI is InChI=1S/C13H11N3O4/c17-12-8(13(18)19)7-11(14-15-12)16-5-6-20-10-4-2-1-3-9(10)16/h1-4,7H,5-6H2,(H,15,17)(H,18,19). The smallest absolute Gasteiger partial charge is 0.341 e.